The Labute approximate surface area is 103 Å². The van der Waals surface area contributed by atoms with Gasteiger partial charge in [0.1, 0.15) is 6.04 Å². The van der Waals surface area contributed by atoms with Gasteiger partial charge in [-0.05, 0) is 37.0 Å². The number of hydrogen-bond donors (Lipinski definition) is 2. The van der Waals surface area contributed by atoms with E-state index in [2.05, 4.69) is 19.2 Å². The largest absolute Gasteiger partial charge is 0.376 e. The molecule has 2 fully saturated rings. The van der Waals surface area contributed by atoms with Crippen LogP contribution < -0.4 is 11.1 Å². The number of primary amides is 1. The monoisotopic (exact) mass is 240 g/mol. The summed E-state index contributed by atoms with van der Waals surface area (Å²) in [6.45, 7) is 6.17. The molecular formula is C13H24N2O2. The summed E-state index contributed by atoms with van der Waals surface area (Å²) in [4.78, 5) is 11.3. The third kappa shape index (κ3) is 2.99. The van der Waals surface area contributed by atoms with Crippen molar-refractivity contribution in [1.29, 1.82) is 0 Å². The molecule has 4 heteroatoms. The van der Waals surface area contributed by atoms with Gasteiger partial charge >= 0.3 is 0 Å². The Hall–Kier alpha value is -0.610. The van der Waals surface area contributed by atoms with Crippen LogP contribution in [0.25, 0.3) is 0 Å². The Morgan fingerprint density at radius 3 is 2.94 bits per heavy atom. The Morgan fingerprint density at radius 2 is 2.29 bits per heavy atom. The molecule has 0 spiro atoms. The highest BCUT2D eigenvalue weighted by atomic mass is 16.5. The molecule has 4 nitrogen and oxygen atoms in total. The zero-order valence-corrected chi connectivity index (χ0v) is 10.8. The van der Waals surface area contributed by atoms with E-state index < -0.39 is 0 Å². The third-order valence-electron chi connectivity index (χ3n) is 3.98. The van der Waals surface area contributed by atoms with Crippen LogP contribution in [0.2, 0.25) is 0 Å². The minimum Gasteiger partial charge on any atom is -0.376 e. The van der Waals surface area contributed by atoms with E-state index in [0.29, 0.717) is 5.92 Å². The maximum absolute atomic E-state index is 11.3. The first kappa shape index (κ1) is 12.8. The van der Waals surface area contributed by atoms with Crippen molar-refractivity contribution in [2.24, 2.45) is 23.5 Å². The Kier molecular flexibility index (Phi) is 4.05. The smallest absolute Gasteiger partial charge is 0.237 e. The summed E-state index contributed by atoms with van der Waals surface area (Å²) in [5.74, 6) is 1.65. The van der Waals surface area contributed by atoms with E-state index in [1.165, 1.54) is 12.8 Å². The van der Waals surface area contributed by atoms with Gasteiger partial charge in [-0.3, -0.25) is 4.79 Å². The topological polar surface area (TPSA) is 64.3 Å². The van der Waals surface area contributed by atoms with Gasteiger partial charge in [0.15, 0.2) is 0 Å². The molecule has 98 valence electrons. The number of amides is 1. The Bertz CT molecular complexity index is 281. The lowest BCUT2D eigenvalue weighted by atomic mass is 9.85. The van der Waals surface area contributed by atoms with Crippen molar-refractivity contribution in [2.45, 2.75) is 45.3 Å². The molecule has 2 saturated heterocycles. The van der Waals surface area contributed by atoms with Gasteiger partial charge in [0.05, 0.1) is 6.10 Å². The summed E-state index contributed by atoms with van der Waals surface area (Å²) in [5, 5.41) is 3.20. The van der Waals surface area contributed by atoms with Gasteiger partial charge in [-0.1, -0.05) is 13.8 Å². The van der Waals surface area contributed by atoms with Crippen LogP contribution in [-0.4, -0.2) is 31.2 Å². The van der Waals surface area contributed by atoms with Crippen molar-refractivity contribution in [3.05, 3.63) is 0 Å². The average molecular weight is 240 g/mol. The zero-order chi connectivity index (χ0) is 12.4. The lowest BCUT2D eigenvalue weighted by Gasteiger charge is -2.21. The standard InChI is InChI=1S/C13H24N2O2/c1-8(2)5-9-3-4-17-12-10(6-9)7-15-11(12)13(14)16/h8-12,15H,3-7H2,1-2H3,(H2,14,16)/t9-,10-,11?,12+/m0/s1. The van der Waals surface area contributed by atoms with Crippen LogP contribution in [0.3, 0.4) is 0 Å². The number of carbonyl (C=O) groups excluding carboxylic acids is 1. The van der Waals surface area contributed by atoms with Crippen LogP contribution in [0.4, 0.5) is 0 Å². The molecule has 0 aromatic carbocycles. The molecule has 0 aromatic heterocycles. The van der Waals surface area contributed by atoms with Crippen molar-refractivity contribution < 1.29 is 9.53 Å². The molecule has 2 rings (SSSR count). The molecule has 2 aliphatic rings. The molecule has 0 aliphatic carbocycles. The molecule has 17 heavy (non-hydrogen) atoms. The normalized spacial score (nSPS) is 37.8. The van der Waals surface area contributed by atoms with Gasteiger partial charge < -0.3 is 15.8 Å². The molecule has 3 N–H and O–H groups in total. The average Bonchev–Trinajstić information content (AvgIpc) is 2.51. The van der Waals surface area contributed by atoms with Crippen molar-refractivity contribution in [2.75, 3.05) is 13.2 Å². The van der Waals surface area contributed by atoms with E-state index in [4.69, 9.17) is 10.5 Å². The number of ether oxygens (including phenoxy) is 1. The molecule has 0 radical (unpaired) electrons. The Morgan fingerprint density at radius 1 is 1.53 bits per heavy atom. The van der Waals surface area contributed by atoms with Crippen LogP contribution in [0, 0.1) is 17.8 Å². The summed E-state index contributed by atoms with van der Waals surface area (Å²) in [7, 11) is 0. The second kappa shape index (κ2) is 5.36. The SMILES string of the molecule is CC(C)C[C@@H]1CCO[C@H]2C(C(N)=O)NC[C@@H]2C1. The van der Waals surface area contributed by atoms with Crippen LogP contribution in [0.15, 0.2) is 0 Å². The van der Waals surface area contributed by atoms with Gasteiger partial charge in [0.2, 0.25) is 5.91 Å². The number of nitrogens with one attached hydrogen (secondary N) is 1. The summed E-state index contributed by atoms with van der Waals surface area (Å²) in [6, 6.07) is -0.280. The van der Waals surface area contributed by atoms with Gasteiger partial charge in [-0.2, -0.15) is 0 Å². The number of fused-ring (bicyclic) bond motifs is 1. The minimum absolute atomic E-state index is 0.00432. The van der Waals surface area contributed by atoms with Crippen LogP contribution in [0.5, 0.6) is 0 Å². The number of carbonyl (C=O) groups is 1. The van der Waals surface area contributed by atoms with Crippen LogP contribution in [0.1, 0.15) is 33.1 Å². The van der Waals surface area contributed by atoms with Gasteiger partial charge in [-0.25, -0.2) is 0 Å². The molecule has 0 aromatic rings. The zero-order valence-electron chi connectivity index (χ0n) is 10.8. The van der Waals surface area contributed by atoms with E-state index in [1.54, 1.807) is 0 Å². The quantitative estimate of drug-likeness (QED) is 0.770. The third-order valence-corrected chi connectivity index (χ3v) is 3.98. The number of hydrogen-bond acceptors (Lipinski definition) is 3. The molecular weight excluding hydrogens is 216 g/mol. The summed E-state index contributed by atoms with van der Waals surface area (Å²) in [6.07, 6.45) is 3.55. The fourth-order valence-electron chi connectivity index (χ4n) is 3.29. The lowest BCUT2D eigenvalue weighted by molar-refractivity contribution is -0.123. The second-order valence-electron chi connectivity index (χ2n) is 5.90. The van der Waals surface area contributed by atoms with Crippen LogP contribution in [-0.2, 0) is 9.53 Å². The second-order valence-corrected chi connectivity index (χ2v) is 5.90. The first-order chi connectivity index (χ1) is 8.08. The van der Waals surface area contributed by atoms with Gasteiger partial charge in [-0.15, -0.1) is 0 Å². The first-order valence-corrected chi connectivity index (χ1v) is 6.72. The number of nitrogens with two attached hydrogens (primary N) is 1. The predicted octanol–water partition coefficient (Wildman–Crippen LogP) is 0.901. The van der Waals surface area contributed by atoms with E-state index in [1.807, 2.05) is 0 Å². The fourth-order valence-corrected chi connectivity index (χ4v) is 3.29. The summed E-state index contributed by atoms with van der Waals surface area (Å²) < 4.78 is 5.85. The number of rotatable bonds is 3. The molecule has 1 amide bonds. The maximum atomic E-state index is 11.3. The van der Waals surface area contributed by atoms with Crippen molar-refractivity contribution in [1.82, 2.24) is 5.32 Å². The van der Waals surface area contributed by atoms with Crippen LogP contribution >= 0.6 is 0 Å². The Balaban J connectivity index is 1.97. The predicted molar refractivity (Wildman–Crippen MR) is 66.4 cm³/mol. The van der Waals surface area contributed by atoms with Crippen molar-refractivity contribution in [3.63, 3.8) is 0 Å². The molecule has 2 heterocycles. The summed E-state index contributed by atoms with van der Waals surface area (Å²) >= 11 is 0. The highest BCUT2D eigenvalue weighted by molar-refractivity contribution is 5.81. The van der Waals surface area contributed by atoms with E-state index in [0.717, 1.165) is 31.4 Å². The van der Waals surface area contributed by atoms with Gasteiger partial charge in [0, 0.05) is 13.2 Å². The molecule has 1 unspecified atom stereocenters. The highest BCUT2D eigenvalue weighted by Gasteiger charge is 2.42. The lowest BCUT2D eigenvalue weighted by Crippen LogP contribution is -2.44. The molecule has 0 saturated carbocycles. The molecule has 0 bridgehead atoms. The van der Waals surface area contributed by atoms with E-state index in [-0.39, 0.29) is 18.1 Å². The van der Waals surface area contributed by atoms with Crippen molar-refractivity contribution in [3.8, 4) is 0 Å². The first-order valence-electron chi connectivity index (χ1n) is 6.72. The van der Waals surface area contributed by atoms with E-state index in [9.17, 15) is 4.79 Å². The minimum atomic E-state index is -0.280. The molecule has 4 atom stereocenters. The van der Waals surface area contributed by atoms with Crippen molar-refractivity contribution >= 4 is 5.91 Å². The fraction of sp³-hybridized carbons (Fsp3) is 0.923. The molecule has 2 aliphatic heterocycles. The van der Waals surface area contributed by atoms with E-state index >= 15 is 0 Å². The highest BCUT2D eigenvalue weighted by Crippen LogP contribution is 2.33. The van der Waals surface area contributed by atoms with Gasteiger partial charge in [0.25, 0.3) is 0 Å². The summed E-state index contributed by atoms with van der Waals surface area (Å²) in [5.41, 5.74) is 5.39. The maximum Gasteiger partial charge on any atom is 0.237 e.